The molecule has 0 unspecified atom stereocenters. The quantitative estimate of drug-likeness (QED) is 0.879. The van der Waals surface area contributed by atoms with E-state index in [1.165, 1.54) is 0 Å². The number of imidazole rings is 1. The van der Waals surface area contributed by atoms with Gasteiger partial charge >= 0.3 is 0 Å². The fraction of sp³-hybridized carbons (Fsp3) is 0.400. The zero-order chi connectivity index (χ0) is 15.4. The molecule has 6 heteroatoms. The van der Waals surface area contributed by atoms with E-state index in [1.807, 2.05) is 43.7 Å². The molecule has 0 radical (unpaired) electrons. The van der Waals surface area contributed by atoms with Gasteiger partial charge in [-0.3, -0.25) is 9.36 Å². The molecular formula is C15H21N5O. The maximum atomic E-state index is 11.9. The lowest BCUT2D eigenvalue weighted by atomic mass is 10.0. The summed E-state index contributed by atoms with van der Waals surface area (Å²) in [5, 5.41) is 2.78. The van der Waals surface area contributed by atoms with E-state index >= 15 is 0 Å². The molecule has 0 aromatic carbocycles. The van der Waals surface area contributed by atoms with Crippen LogP contribution in [0.2, 0.25) is 0 Å². The number of nitrogens with one attached hydrogen (secondary N) is 1. The second kappa shape index (κ2) is 6.49. The Bertz CT molecular complexity index is 603. The van der Waals surface area contributed by atoms with Gasteiger partial charge < -0.3 is 11.1 Å². The van der Waals surface area contributed by atoms with E-state index in [0.717, 1.165) is 11.6 Å². The number of anilines is 1. The van der Waals surface area contributed by atoms with Gasteiger partial charge in [0.1, 0.15) is 11.6 Å². The Kier molecular flexibility index (Phi) is 4.70. The van der Waals surface area contributed by atoms with Crippen LogP contribution in [0.3, 0.4) is 0 Å². The van der Waals surface area contributed by atoms with Gasteiger partial charge in [0.25, 0.3) is 0 Å². The number of pyridine rings is 1. The van der Waals surface area contributed by atoms with Crippen LogP contribution in [-0.2, 0) is 4.79 Å². The van der Waals surface area contributed by atoms with Crippen molar-refractivity contribution in [1.82, 2.24) is 14.5 Å². The van der Waals surface area contributed by atoms with Crippen LogP contribution in [-0.4, -0.2) is 26.5 Å². The van der Waals surface area contributed by atoms with Gasteiger partial charge in [0, 0.05) is 12.4 Å². The smallest absolute Gasteiger partial charge is 0.241 e. The second-order valence-electron chi connectivity index (χ2n) is 5.47. The van der Waals surface area contributed by atoms with Crippen LogP contribution in [0.4, 0.5) is 5.69 Å². The zero-order valence-electron chi connectivity index (χ0n) is 12.6. The monoisotopic (exact) mass is 287 g/mol. The normalized spacial score (nSPS) is 12.4. The van der Waals surface area contributed by atoms with Gasteiger partial charge in [-0.15, -0.1) is 0 Å². The summed E-state index contributed by atoms with van der Waals surface area (Å²) >= 11 is 0. The van der Waals surface area contributed by atoms with E-state index in [4.69, 9.17) is 5.73 Å². The first kappa shape index (κ1) is 15.2. The standard InChI is InChI=1S/C15H21N5O/c1-10(2)8-13(16)15(21)19-12-4-5-14(18-9-12)20-7-6-17-11(20)3/h4-7,9-10,13H,8,16H2,1-3H3,(H,19,21)/t13-/m1/s1. The first-order valence-corrected chi connectivity index (χ1v) is 7.00. The topological polar surface area (TPSA) is 85.8 Å². The van der Waals surface area contributed by atoms with Gasteiger partial charge in [0.2, 0.25) is 5.91 Å². The first-order chi connectivity index (χ1) is 9.97. The van der Waals surface area contributed by atoms with Gasteiger partial charge in [0.15, 0.2) is 0 Å². The molecule has 112 valence electrons. The molecule has 2 heterocycles. The van der Waals surface area contributed by atoms with Crippen LogP contribution >= 0.6 is 0 Å². The third-order valence-electron chi connectivity index (χ3n) is 3.15. The third kappa shape index (κ3) is 3.88. The molecule has 0 spiro atoms. The molecule has 1 amide bonds. The van der Waals surface area contributed by atoms with E-state index in [-0.39, 0.29) is 5.91 Å². The van der Waals surface area contributed by atoms with Crippen LogP contribution in [0.1, 0.15) is 26.1 Å². The molecule has 2 aromatic rings. The van der Waals surface area contributed by atoms with Gasteiger partial charge in [0.05, 0.1) is 17.9 Å². The average Bonchev–Trinajstić information content (AvgIpc) is 2.85. The molecule has 21 heavy (non-hydrogen) atoms. The van der Waals surface area contributed by atoms with Crippen LogP contribution in [0.25, 0.3) is 5.82 Å². The van der Waals surface area contributed by atoms with Gasteiger partial charge in [-0.25, -0.2) is 9.97 Å². The highest BCUT2D eigenvalue weighted by Gasteiger charge is 2.15. The summed E-state index contributed by atoms with van der Waals surface area (Å²) in [6, 6.07) is 3.14. The molecular weight excluding hydrogens is 266 g/mol. The van der Waals surface area contributed by atoms with Crippen molar-refractivity contribution in [3.63, 3.8) is 0 Å². The van der Waals surface area contributed by atoms with E-state index < -0.39 is 6.04 Å². The first-order valence-electron chi connectivity index (χ1n) is 7.00. The number of nitrogens with two attached hydrogens (primary N) is 1. The molecule has 0 saturated heterocycles. The largest absolute Gasteiger partial charge is 0.323 e. The highest BCUT2D eigenvalue weighted by atomic mass is 16.2. The van der Waals surface area contributed by atoms with E-state index in [0.29, 0.717) is 18.0 Å². The highest BCUT2D eigenvalue weighted by Crippen LogP contribution is 2.12. The fourth-order valence-corrected chi connectivity index (χ4v) is 2.07. The highest BCUT2D eigenvalue weighted by molar-refractivity contribution is 5.94. The summed E-state index contributed by atoms with van der Waals surface area (Å²) in [6.07, 6.45) is 5.84. The average molecular weight is 287 g/mol. The molecule has 6 nitrogen and oxygen atoms in total. The predicted octanol–water partition coefficient (Wildman–Crippen LogP) is 1.89. The van der Waals surface area contributed by atoms with Crippen LogP contribution in [0.5, 0.6) is 0 Å². The van der Waals surface area contributed by atoms with Crippen LogP contribution in [0, 0.1) is 12.8 Å². The van der Waals surface area contributed by atoms with E-state index in [1.54, 1.807) is 12.4 Å². The van der Waals surface area contributed by atoms with Crippen molar-refractivity contribution in [2.24, 2.45) is 11.7 Å². The van der Waals surface area contributed by atoms with Gasteiger partial charge in [-0.1, -0.05) is 13.8 Å². The minimum absolute atomic E-state index is 0.183. The van der Waals surface area contributed by atoms with Crippen molar-refractivity contribution >= 4 is 11.6 Å². The van der Waals surface area contributed by atoms with Gasteiger partial charge in [-0.2, -0.15) is 0 Å². The number of hydrogen-bond acceptors (Lipinski definition) is 4. The number of nitrogens with zero attached hydrogens (tertiary/aromatic N) is 3. The minimum Gasteiger partial charge on any atom is -0.323 e. The number of aromatic nitrogens is 3. The lowest BCUT2D eigenvalue weighted by Crippen LogP contribution is -2.36. The molecule has 1 atom stereocenters. The Labute approximate surface area is 124 Å². The number of amides is 1. The molecule has 2 aromatic heterocycles. The SMILES string of the molecule is Cc1nccn1-c1ccc(NC(=O)[C@H](N)CC(C)C)cn1. The number of carbonyl (C=O) groups is 1. The Morgan fingerprint density at radius 3 is 2.67 bits per heavy atom. The Morgan fingerprint density at radius 1 is 1.38 bits per heavy atom. The molecule has 2 rings (SSSR count). The number of rotatable bonds is 5. The molecule has 0 aliphatic carbocycles. The van der Waals surface area contributed by atoms with Gasteiger partial charge in [-0.05, 0) is 31.4 Å². The fourth-order valence-electron chi connectivity index (χ4n) is 2.07. The number of hydrogen-bond donors (Lipinski definition) is 2. The van der Waals surface area contributed by atoms with E-state index in [2.05, 4.69) is 15.3 Å². The number of carbonyl (C=O) groups excluding carboxylic acids is 1. The maximum absolute atomic E-state index is 11.9. The molecule has 0 aliphatic heterocycles. The Hall–Kier alpha value is -2.21. The summed E-state index contributed by atoms with van der Waals surface area (Å²) in [7, 11) is 0. The predicted molar refractivity (Wildman–Crippen MR) is 82.2 cm³/mol. The summed E-state index contributed by atoms with van der Waals surface area (Å²) < 4.78 is 1.87. The third-order valence-corrected chi connectivity index (χ3v) is 3.15. The van der Waals surface area contributed by atoms with E-state index in [9.17, 15) is 4.79 Å². The maximum Gasteiger partial charge on any atom is 0.241 e. The number of aryl methyl sites for hydroxylation is 1. The van der Waals surface area contributed by atoms with Crippen LogP contribution in [0.15, 0.2) is 30.7 Å². The molecule has 3 N–H and O–H groups in total. The second-order valence-corrected chi connectivity index (χ2v) is 5.47. The van der Waals surface area contributed by atoms with Crippen molar-refractivity contribution in [2.45, 2.75) is 33.2 Å². The molecule has 0 saturated carbocycles. The van der Waals surface area contributed by atoms with Crippen molar-refractivity contribution in [3.8, 4) is 5.82 Å². The van der Waals surface area contributed by atoms with Crippen molar-refractivity contribution in [2.75, 3.05) is 5.32 Å². The summed E-state index contributed by atoms with van der Waals surface area (Å²) in [6.45, 7) is 5.98. The Morgan fingerprint density at radius 2 is 2.14 bits per heavy atom. The summed E-state index contributed by atoms with van der Waals surface area (Å²) in [5.41, 5.74) is 6.49. The van der Waals surface area contributed by atoms with Crippen molar-refractivity contribution in [3.05, 3.63) is 36.5 Å². The lowest BCUT2D eigenvalue weighted by Gasteiger charge is -2.14. The lowest BCUT2D eigenvalue weighted by molar-refractivity contribution is -0.117. The van der Waals surface area contributed by atoms with Crippen LogP contribution < -0.4 is 11.1 Å². The summed E-state index contributed by atoms with van der Waals surface area (Å²) in [5.74, 6) is 1.82. The Balaban J connectivity index is 2.03. The van der Waals surface area contributed by atoms with Crippen molar-refractivity contribution < 1.29 is 4.79 Å². The summed E-state index contributed by atoms with van der Waals surface area (Å²) in [4.78, 5) is 20.4. The van der Waals surface area contributed by atoms with Crippen molar-refractivity contribution in [1.29, 1.82) is 0 Å². The molecule has 0 bridgehead atoms. The molecule has 0 fully saturated rings. The zero-order valence-corrected chi connectivity index (χ0v) is 12.6. The minimum atomic E-state index is -0.499. The molecule has 0 aliphatic rings.